The summed E-state index contributed by atoms with van der Waals surface area (Å²) in [6, 6.07) is 4.49. The van der Waals surface area contributed by atoms with Crippen molar-refractivity contribution < 1.29 is 21.6 Å². The zero-order valence-corrected chi connectivity index (χ0v) is 10.9. The van der Waals surface area contributed by atoms with Crippen LogP contribution in [0.5, 0.6) is 0 Å². The second-order valence-corrected chi connectivity index (χ2v) is 6.91. The van der Waals surface area contributed by atoms with Gasteiger partial charge in [0.05, 0.1) is 17.1 Å². The van der Waals surface area contributed by atoms with E-state index in [9.17, 15) is 21.6 Å². The first-order chi connectivity index (χ1) is 8.76. The zero-order chi connectivity index (χ0) is 14.1. The number of benzene rings is 1. The average molecular weight is 293 g/mol. The molecule has 0 spiro atoms. The Morgan fingerprint density at radius 2 is 2.00 bits per heavy atom. The molecule has 0 radical (unpaired) electrons. The lowest BCUT2D eigenvalue weighted by molar-refractivity contribution is -0.137. The Morgan fingerprint density at radius 3 is 2.63 bits per heavy atom. The van der Waals surface area contributed by atoms with E-state index in [-0.39, 0.29) is 17.5 Å². The minimum atomic E-state index is -4.39. The van der Waals surface area contributed by atoms with Gasteiger partial charge in [0.1, 0.15) is 0 Å². The van der Waals surface area contributed by atoms with Crippen molar-refractivity contribution in [1.82, 2.24) is 0 Å². The Balaban J connectivity index is 2.11. The predicted molar refractivity (Wildman–Crippen MR) is 66.7 cm³/mol. The molecule has 1 aromatic carbocycles. The van der Waals surface area contributed by atoms with Gasteiger partial charge in [-0.3, -0.25) is 0 Å². The van der Waals surface area contributed by atoms with Crippen LogP contribution in [0.4, 0.5) is 18.9 Å². The average Bonchev–Trinajstić information content (AvgIpc) is 2.26. The maximum Gasteiger partial charge on any atom is 0.416 e. The van der Waals surface area contributed by atoms with Crippen LogP contribution in [0.25, 0.3) is 0 Å². The number of sulfone groups is 1. The molecule has 1 aliphatic heterocycles. The van der Waals surface area contributed by atoms with Crippen LogP contribution in [-0.4, -0.2) is 26.0 Å². The Morgan fingerprint density at radius 1 is 1.26 bits per heavy atom. The Bertz CT molecular complexity index is 554. The molecule has 106 valence electrons. The largest absolute Gasteiger partial charge is 0.416 e. The van der Waals surface area contributed by atoms with Gasteiger partial charge in [0, 0.05) is 11.7 Å². The van der Waals surface area contributed by atoms with Gasteiger partial charge >= 0.3 is 6.18 Å². The summed E-state index contributed by atoms with van der Waals surface area (Å²) >= 11 is 0. The first-order valence-corrected chi connectivity index (χ1v) is 7.73. The summed E-state index contributed by atoms with van der Waals surface area (Å²) < 4.78 is 60.6. The fourth-order valence-corrected chi connectivity index (χ4v) is 3.79. The summed E-state index contributed by atoms with van der Waals surface area (Å²) in [7, 11) is -3.08. The minimum Gasteiger partial charge on any atom is -0.381 e. The lowest BCUT2D eigenvalue weighted by Crippen LogP contribution is -2.34. The van der Waals surface area contributed by atoms with E-state index in [1.165, 1.54) is 12.1 Å². The van der Waals surface area contributed by atoms with Crippen molar-refractivity contribution in [2.45, 2.75) is 25.1 Å². The van der Waals surface area contributed by atoms with E-state index in [1.807, 2.05) is 0 Å². The highest BCUT2D eigenvalue weighted by atomic mass is 32.2. The van der Waals surface area contributed by atoms with Gasteiger partial charge in [-0.1, -0.05) is 6.07 Å². The van der Waals surface area contributed by atoms with Gasteiger partial charge in [0.2, 0.25) is 0 Å². The summed E-state index contributed by atoms with van der Waals surface area (Å²) in [5, 5.41) is 2.87. The van der Waals surface area contributed by atoms with Crippen LogP contribution in [0.15, 0.2) is 24.3 Å². The van der Waals surface area contributed by atoms with Gasteiger partial charge < -0.3 is 5.32 Å². The number of anilines is 1. The fraction of sp³-hybridized carbons (Fsp3) is 0.500. The van der Waals surface area contributed by atoms with Gasteiger partial charge in [-0.2, -0.15) is 13.2 Å². The van der Waals surface area contributed by atoms with Crippen molar-refractivity contribution in [3.8, 4) is 0 Å². The molecule has 0 aliphatic carbocycles. The van der Waals surface area contributed by atoms with Crippen LogP contribution < -0.4 is 5.32 Å². The lowest BCUT2D eigenvalue weighted by atomic mass is 10.1. The second-order valence-electron chi connectivity index (χ2n) is 4.68. The molecule has 0 aromatic heterocycles. The standard InChI is InChI=1S/C12H14F3NO2S/c13-12(14,15)9-3-1-4-10(7-9)16-11-5-2-6-19(17,18)8-11/h1,3-4,7,11,16H,2,5-6,8H2. The molecule has 1 atom stereocenters. The molecule has 1 unspecified atom stereocenters. The van der Waals surface area contributed by atoms with Gasteiger partial charge in [0.25, 0.3) is 0 Å². The molecule has 7 heteroatoms. The first kappa shape index (κ1) is 14.2. The second kappa shape index (κ2) is 5.03. The molecular formula is C12H14F3NO2S. The quantitative estimate of drug-likeness (QED) is 0.912. The number of rotatable bonds is 2. The van der Waals surface area contributed by atoms with Crippen molar-refractivity contribution in [2.24, 2.45) is 0 Å². The normalized spacial score (nSPS) is 23.0. The number of halogens is 3. The molecule has 0 bridgehead atoms. The van der Waals surface area contributed by atoms with E-state index < -0.39 is 21.6 Å². The van der Waals surface area contributed by atoms with Crippen molar-refractivity contribution in [3.05, 3.63) is 29.8 Å². The van der Waals surface area contributed by atoms with E-state index in [4.69, 9.17) is 0 Å². The molecule has 0 saturated carbocycles. The van der Waals surface area contributed by atoms with Crippen LogP contribution >= 0.6 is 0 Å². The summed E-state index contributed by atoms with van der Waals surface area (Å²) in [6.45, 7) is 0. The monoisotopic (exact) mass is 293 g/mol. The molecule has 0 amide bonds. The van der Waals surface area contributed by atoms with Crippen LogP contribution in [0.3, 0.4) is 0 Å². The third-order valence-electron chi connectivity index (χ3n) is 3.02. The Kier molecular flexibility index (Phi) is 3.75. The highest BCUT2D eigenvalue weighted by molar-refractivity contribution is 7.91. The maximum absolute atomic E-state index is 12.5. The van der Waals surface area contributed by atoms with Crippen molar-refractivity contribution in [3.63, 3.8) is 0 Å². The van der Waals surface area contributed by atoms with E-state index >= 15 is 0 Å². The Labute approximate surface area is 109 Å². The lowest BCUT2D eigenvalue weighted by Gasteiger charge is -2.24. The van der Waals surface area contributed by atoms with Crippen LogP contribution in [0.1, 0.15) is 18.4 Å². The highest BCUT2D eigenvalue weighted by Gasteiger charge is 2.31. The van der Waals surface area contributed by atoms with Crippen LogP contribution in [0.2, 0.25) is 0 Å². The van der Waals surface area contributed by atoms with Gasteiger partial charge in [0.15, 0.2) is 9.84 Å². The van der Waals surface area contributed by atoms with E-state index in [2.05, 4.69) is 5.32 Å². The van der Waals surface area contributed by atoms with Crippen LogP contribution in [0, 0.1) is 0 Å². The number of alkyl halides is 3. The zero-order valence-electron chi connectivity index (χ0n) is 10.1. The predicted octanol–water partition coefficient (Wildman–Crippen LogP) is 2.69. The molecule has 19 heavy (non-hydrogen) atoms. The molecule has 1 fully saturated rings. The third kappa shape index (κ3) is 3.86. The minimum absolute atomic E-state index is 0.0246. The highest BCUT2D eigenvalue weighted by Crippen LogP contribution is 2.31. The van der Waals surface area contributed by atoms with E-state index in [0.29, 0.717) is 18.5 Å². The molecule has 1 heterocycles. The van der Waals surface area contributed by atoms with Gasteiger partial charge in [-0.25, -0.2) is 8.42 Å². The summed E-state index contributed by atoms with van der Waals surface area (Å²) in [6.07, 6.45) is -3.20. The fourth-order valence-electron chi connectivity index (χ4n) is 2.16. The molecule has 1 saturated heterocycles. The summed E-state index contributed by atoms with van der Waals surface area (Å²) in [4.78, 5) is 0. The molecular weight excluding hydrogens is 279 g/mol. The SMILES string of the molecule is O=S1(=O)CCCC(Nc2cccc(C(F)(F)F)c2)C1. The van der Waals surface area contributed by atoms with Crippen LogP contribution in [-0.2, 0) is 16.0 Å². The molecule has 2 rings (SSSR count). The van der Waals surface area contributed by atoms with Crippen molar-refractivity contribution in [1.29, 1.82) is 0 Å². The van der Waals surface area contributed by atoms with Gasteiger partial charge in [-0.05, 0) is 31.0 Å². The van der Waals surface area contributed by atoms with E-state index in [0.717, 1.165) is 12.1 Å². The number of hydrogen-bond acceptors (Lipinski definition) is 3. The molecule has 3 nitrogen and oxygen atoms in total. The summed E-state index contributed by atoms with van der Waals surface area (Å²) in [5.74, 6) is 0.136. The molecule has 1 N–H and O–H groups in total. The van der Waals surface area contributed by atoms with Gasteiger partial charge in [-0.15, -0.1) is 0 Å². The number of hydrogen-bond donors (Lipinski definition) is 1. The summed E-state index contributed by atoms with van der Waals surface area (Å²) in [5.41, 5.74) is -0.437. The van der Waals surface area contributed by atoms with Crippen molar-refractivity contribution >= 4 is 15.5 Å². The smallest absolute Gasteiger partial charge is 0.381 e. The van der Waals surface area contributed by atoms with E-state index in [1.54, 1.807) is 0 Å². The maximum atomic E-state index is 12.5. The Hall–Kier alpha value is -1.24. The third-order valence-corrected chi connectivity index (χ3v) is 4.84. The first-order valence-electron chi connectivity index (χ1n) is 5.90. The topological polar surface area (TPSA) is 46.2 Å². The molecule has 1 aromatic rings. The van der Waals surface area contributed by atoms with Crippen molar-refractivity contribution in [2.75, 3.05) is 16.8 Å². The number of nitrogens with one attached hydrogen (secondary N) is 1. The molecule has 1 aliphatic rings.